The molecule has 4 aromatic rings. The maximum absolute atomic E-state index is 4.93. The van der Waals surface area contributed by atoms with Crippen molar-refractivity contribution >= 4 is 22.8 Å². The molecule has 4 nitrogen and oxygen atoms in total. The van der Waals surface area contributed by atoms with Crippen molar-refractivity contribution < 1.29 is 0 Å². The highest BCUT2D eigenvalue weighted by molar-refractivity contribution is 5.73. The van der Waals surface area contributed by atoms with E-state index in [1.54, 1.807) is 6.08 Å². The van der Waals surface area contributed by atoms with Crippen LogP contribution in [0.25, 0.3) is 22.8 Å². The summed E-state index contributed by atoms with van der Waals surface area (Å²) < 4.78 is 2.16. The summed E-state index contributed by atoms with van der Waals surface area (Å²) in [5.41, 5.74) is 8.47. The first kappa shape index (κ1) is 17.2. The lowest BCUT2D eigenvalue weighted by Gasteiger charge is -2.04. The Morgan fingerprint density at radius 3 is 2.67 bits per heavy atom. The molecule has 0 aliphatic heterocycles. The molecule has 3 aromatic heterocycles. The molecule has 1 aromatic carbocycles. The number of aromatic nitrogens is 4. The zero-order valence-electron chi connectivity index (χ0n) is 15.7. The van der Waals surface area contributed by atoms with Gasteiger partial charge >= 0.3 is 0 Å². The maximum Gasteiger partial charge on any atom is 0.144 e. The minimum atomic E-state index is 0.819. The molecular weight excluding hydrogens is 332 g/mol. The molecule has 0 unspecified atom stereocenters. The van der Waals surface area contributed by atoms with E-state index in [1.165, 1.54) is 11.3 Å². The van der Waals surface area contributed by atoms with Gasteiger partial charge in [0.25, 0.3) is 0 Å². The number of hydrogen-bond acceptors (Lipinski definition) is 3. The van der Waals surface area contributed by atoms with Gasteiger partial charge in [0.1, 0.15) is 5.65 Å². The van der Waals surface area contributed by atoms with E-state index in [2.05, 4.69) is 48.2 Å². The van der Waals surface area contributed by atoms with Gasteiger partial charge in [-0.3, -0.25) is 4.98 Å². The number of imidazole rings is 1. The van der Waals surface area contributed by atoms with Gasteiger partial charge in [-0.1, -0.05) is 36.9 Å². The van der Waals surface area contributed by atoms with Gasteiger partial charge in [0.15, 0.2) is 0 Å². The van der Waals surface area contributed by atoms with Crippen LogP contribution in [0.5, 0.6) is 0 Å². The molecule has 0 radical (unpaired) electrons. The lowest BCUT2D eigenvalue weighted by atomic mass is 10.1. The number of fused-ring (bicyclic) bond motifs is 2. The van der Waals surface area contributed by atoms with Crippen molar-refractivity contribution in [1.29, 1.82) is 0 Å². The van der Waals surface area contributed by atoms with E-state index in [4.69, 9.17) is 9.97 Å². The van der Waals surface area contributed by atoms with Gasteiger partial charge in [-0.15, -0.1) is 0 Å². The van der Waals surface area contributed by atoms with Gasteiger partial charge in [0.05, 0.1) is 22.4 Å². The lowest BCUT2D eigenvalue weighted by molar-refractivity contribution is 0.877. The van der Waals surface area contributed by atoms with E-state index in [0.29, 0.717) is 0 Å². The van der Waals surface area contributed by atoms with Gasteiger partial charge in [-0.25, -0.2) is 9.97 Å². The quantitative estimate of drug-likeness (QED) is 0.480. The molecule has 0 aliphatic rings. The summed E-state index contributed by atoms with van der Waals surface area (Å²) in [6.45, 7) is 8.00. The van der Waals surface area contributed by atoms with Crippen LogP contribution in [0.15, 0.2) is 61.5 Å². The van der Waals surface area contributed by atoms with E-state index in [0.717, 1.165) is 46.5 Å². The Bertz CT molecular complexity index is 1170. The van der Waals surface area contributed by atoms with Crippen LogP contribution >= 0.6 is 0 Å². The fourth-order valence-corrected chi connectivity index (χ4v) is 3.35. The molecule has 0 bridgehead atoms. The first-order valence-electron chi connectivity index (χ1n) is 9.14. The number of hydrogen-bond donors (Lipinski definition) is 0. The molecule has 0 saturated heterocycles. The Kier molecular flexibility index (Phi) is 4.55. The third-order valence-corrected chi connectivity index (χ3v) is 4.90. The SMILES string of the molecule is C=C/C=C\c1c(C)ccn2c(C)c(CCc3cnc4ccccc4n3)nc12. The lowest BCUT2D eigenvalue weighted by Crippen LogP contribution is -1.98. The topological polar surface area (TPSA) is 43.1 Å². The number of pyridine rings is 1. The summed E-state index contributed by atoms with van der Waals surface area (Å²) in [5, 5.41) is 0. The first-order chi connectivity index (χ1) is 13.2. The average molecular weight is 354 g/mol. The smallest absolute Gasteiger partial charge is 0.144 e. The third-order valence-electron chi connectivity index (χ3n) is 4.90. The number of benzene rings is 1. The number of allylic oxidation sites excluding steroid dienone is 2. The predicted octanol–water partition coefficient (Wildman–Crippen LogP) is 4.88. The summed E-state index contributed by atoms with van der Waals surface area (Å²) >= 11 is 0. The average Bonchev–Trinajstić information content (AvgIpc) is 3.01. The fraction of sp³-hybridized carbons (Fsp3) is 0.174. The highest BCUT2D eigenvalue weighted by Gasteiger charge is 2.12. The molecule has 0 aliphatic carbocycles. The van der Waals surface area contributed by atoms with E-state index in [9.17, 15) is 0 Å². The molecular formula is C23H22N4. The zero-order valence-corrected chi connectivity index (χ0v) is 15.7. The van der Waals surface area contributed by atoms with Crippen molar-refractivity contribution in [2.45, 2.75) is 26.7 Å². The molecule has 0 fully saturated rings. The molecule has 0 spiro atoms. The van der Waals surface area contributed by atoms with Crippen molar-refractivity contribution in [1.82, 2.24) is 19.4 Å². The largest absolute Gasteiger partial charge is 0.304 e. The van der Waals surface area contributed by atoms with Crippen LogP contribution in [-0.4, -0.2) is 19.4 Å². The van der Waals surface area contributed by atoms with E-state index in [1.807, 2.05) is 36.5 Å². The monoisotopic (exact) mass is 354 g/mol. The third kappa shape index (κ3) is 3.26. The summed E-state index contributed by atoms with van der Waals surface area (Å²) in [6.07, 6.45) is 11.4. The molecule has 3 heterocycles. The van der Waals surface area contributed by atoms with Crippen molar-refractivity contribution in [3.63, 3.8) is 0 Å². The Morgan fingerprint density at radius 2 is 1.85 bits per heavy atom. The summed E-state index contributed by atoms with van der Waals surface area (Å²) in [7, 11) is 0. The predicted molar refractivity (Wildman–Crippen MR) is 111 cm³/mol. The van der Waals surface area contributed by atoms with E-state index >= 15 is 0 Å². The van der Waals surface area contributed by atoms with Gasteiger partial charge in [0, 0.05) is 23.7 Å². The Morgan fingerprint density at radius 1 is 1.04 bits per heavy atom. The van der Waals surface area contributed by atoms with Crippen LogP contribution in [-0.2, 0) is 12.8 Å². The minimum Gasteiger partial charge on any atom is -0.304 e. The molecule has 27 heavy (non-hydrogen) atoms. The van der Waals surface area contributed by atoms with Crippen LogP contribution in [0.4, 0.5) is 0 Å². The summed E-state index contributed by atoms with van der Waals surface area (Å²) in [4.78, 5) is 14.2. The van der Waals surface area contributed by atoms with Crippen LogP contribution in [0, 0.1) is 13.8 Å². The van der Waals surface area contributed by atoms with Crippen molar-refractivity contribution in [2.75, 3.05) is 0 Å². The Labute approximate surface area is 158 Å². The second kappa shape index (κ2) is 7.16. The highest BCUT2D eigenvalue weighted by Crippen LogP contribution is 2.21. The molecule has 4 heteroatoms. The van der Waals surface area contributed by atoms with Crippen LogP contribution in [0.3, 0.4) is 0 Å². The molecule has 134 valence electrons. The molecule has 4 rings (SSSR count). The number of aryl methyl sites for hydroxylation is 4. The van der Waals surface area contributed by atoms with Gasteiger partial charge in [-0.2, -0.15) is 0 Å². The Balaban J connectivity index is 1.66. The molecule has 0 N–H and O–H groups in total. The van der Waals surface area contributed by atoms with Gasteiger partial charge in [0.2, 0.25) is 0 Å². The van der Waals surface area contributed by atoms with Crippen molar-refractivity contribution in [3.8, 4) is 0 Å². The van der Waals surface area contributed by atoms with E-state index in [-0.39, 0.29) is 0 Å². The van der Waals surface area contributed by atoms with Crippen LogP contribution < -0.4 is 0 Å². The fourth-order valence-electron chi connectivity index (χ4n) is 3.35. The normalized spacial score (nSPS) is 11.6. The number of rotatable bonds is 5. The molecule has 0 saturated carbocycles. The van der Waals surface area contributed by atoms with Gasteiger partial charge in [-0.05, 0) is 50.5 Å². The highest BCUT2D eigenvalue weighted by atomic mass is 15.0. The first-order valence-corrected chi connectivity index (χ1v) is 9.14. The maximum atomic E-state index is 4.93. The van der Waals surface area contributed by atoms with Crippen LogP contribution in [0.1, 0.15) is 28.2 Å². The van der Waals surface area contributed by atoms with Gasteiger partial charge < -0.3 is 4.40 Å². The second-order valence-electron chi connectivity index (χ2n) is 6.69. The minimum absolute atomic E-state index is 0.819. The molecule has 0 atom stereocenters. The van der Waals surface area contributed by atoms with E-state index < -0.39 is 0 Å². The second-order valence-corrected chi connectivity index (χ2v) is 6.69. The molecule has 0 amide bonds. The van der Waals surface area contributed by atoms with Crippen molar-refractivity contribution in [2.24, 2.45) is 0 Å². The standard InChI is InChI=1S/C23H22N4/c1-4-5-8-19-16(2)13-14-27-17(3)20(26-23(19)27)12-11-18-15-24-21-9-6-7-10-22(21)25-18/h4-10,13-15H,1,11-12H2,2-3H3/b8-5-. The Hall–Kier alpha value is -3.27. The summed E-state index contributed by atoms with van der Waals surface area (Å²) in [5.74, 6) is 0. The van der Waals surface area contributed by atoms with Crippen molar-refractivity contribution in [3.05, 3.63) is 89.7 Å². The number of para-hydroxylation sites is 2. The zero-order chi connectivity index (χ0) is 18.8. The number of nitrogens with zero attached hydrogens (tertiary/aromatic N) is 4. The van der Waals surface area contributed by atoms with Crippen LogP contribution in [0.2, 0.25) is 0 Å². The summed E-state index contributed by atoms with van der Waals surface area (Å²) in [6, 6.07) is 10.1.